The molecule has 0 aliphatic rings. The summed E-state index contributed by atoms with van der Waals surface area (Å²) in [6.07, 6.45) is 0. The molecule has 0 atom stereocenters. The zero-order chi connectivity index (χ0) is 41.0. The van der Waals surface area contributed by atoms with Gasteiger partial charge in [-0.05, 0) is 134 Å². The third-order valence-electron chi connectivity index (χ3n) is 13.1. The van der Waals surface area contributed by atoms with E-state index >= 15 is 0 Å². The topological polar surface area (TPSA) is 3.24 Å². The third kappa shape index (κ3) is 5.61. The van der Waals surface area contributed by atoms with Gasteiger partial charge in [-0.2, -0.15) is 0 Å². The Morgan fingerprint density at radius 3 is 0.935 bits per heavy atom. The molecule has 62 heavy (non-hydrogen) atoms. The van der Waals surface area contributed by atoms with E-state index in [9.17, 15) is 0 Å². The molecule has 0 aliphatic heterocycles. The Kier molecular flexibility index (Phi) is 8.58. The average molecular weight is 804 g/mol. The molecular formula is C60H41NSi. The van der Waals surface area contributed by atoms with Crippen LogP contribution in [0, 0.1) is 0 Å². The molecule has 1 nitrogen and oxygen atoms in total. The molecular weight excluding hydrogens is 763 g/mol. The first-order valence-corrected chi connectivity index (χ1v) is 23.5. The smallest absolute Gasteiger partial charge is 0.179 e. The highest BCUT2D eigenvalue weighted by molar-refractivity contribution is 7.20. The van der Waals surface area contributed by atoms with Crippen LogP contribution in [-0.4, -0.2) is 8.07 Å². The van der Waals surface area contributed by atoms with Crippen LogP contribution in [0.4, 0.5) is 17.1 Å². The minimum atomic E-state index is -2.99. The standard InChI is InChI=1S/C60H41NSi/c1-5-20-42(21-6-1)61(43-22-7-2-8-23-43)44-24-19-29-47(38-44)62(45-25-9-3-10-26-45,46-27-11-4-12-28-46)48-36-37-55-56(39-48)53-34-17-18-35-54(53)59-40-57-51-32-15-13-30-49(51)50-31-14-16-33-52(50)58(57)41-60(55)59/h1-41H. The summed E-state index contributed by atoms with van der Waals surface area (Å²) in [5.41, 5.74) is 3.38. The molecule has 0 amide bonds. The second-order valence-corrected chi connectivity index (χ2v) is 20.2. The van der Waals surface area contributed by atoms with E-state index in [0.717, 1.165) is 17.1 Å². The van der Waals surface area contributed by atoms with E-state index in [1.807, 2.05) is 0 Å². The molecule has 0 aromatic heterocycles. The van der Waals surface area contributed by atoms with Crippen molar-refractivity contribution in [3.63, 3.8) is 0 Å². The molecule has 12 rings (SSSR count). The Hall–Kier alpha value is -7.78. The summed E-state index contributed by atoms with van der Waals surface area (Å²) < 4.78 is 0. The van der Waals surface area contributed by atoms with Crippen molar-refractivity contribution in [2.45, 2.75) is 0 Å². The SMILES string of the molecule is c1ccc(N(c2ccccc2)c2cccc([Si](c3ccccc3)(c3ccccc3)c3ccc4c(c3)c3ccccc3c3cc5c6ccccc6c6ccccc6c5cc43)c2)cc1. The Bertz CT molecular complexity index is 3540. The molecule has 12 aromatic carbocycles. The van der Waals surface area contributed by atoms with E-state index in [1.165, 1.54) is 85.4 Å². The Labute approximate surface area is 362 Å². The Morgan fingerprint density at radius 2 is 0.500 bits per heavy atom. The van der Waals surface area contributed by atoms with Gasteiger partial charge in [-0.1, -0.05) is 200 Å². The molecule has 290 valence electrons. The lowest BCUT2D eigenvalue weighted by atomic mass is 9.88. The number of fused-ring (bicyclic) bond motifs is 12. The van der Waals surface area contributed by atoms with Gasteiger partial charge in [0.05, 0.1) is 0 Å². The summed E-state index contributed by atoms with van der Waals surface area (Å²) in [5, 5.41) is 20.9. The zero-order valence-electron chi connectivity index (χ0n) is 34.1. The van der Waals surface area contributed by atoms with Gasteiger partial charge in [-0.25, -0.2) is 0 Å². The first-order valence-electron chi connectivity index (χ1n) is 21.5. The van der Waals surface area contributed by atoms with Crippen molar-refractivity contribution in [2.75, 3.05) is 4.90 Å². The molecule has 0 unspecified atom stereocenters. The fraction of sp³-hybridized carbons (Fsp3) is 0. The lowest BCUT2D eigenvalue weighted by Crippen LogP contribution is -2.74. The van der Waals surface area contributed by atoms with E-state index in [1.54, 1.807) is 0 Å². The molecule has 2 heteroatoms. The van der Waals surface area contributed by atoms with Gasteiger partial charge >= 0.3 is 0 Å². The van der Waals surface area contributed by atoms with Gasteiger partial charge in [0.1, 0.15) is 0 Å². The van der Waals surface area contributed by atoms with E-state index < -0.39 is 8.07 Å². The summed E-state index contributed by atoms with van der Waals surface area (Å²) in [4.78, 5) is 2.38. The molecule has 0 radical (unpaired) electrons. The Morgan fingerprint density at radius 1 is 0.194 bits per heavy atom. The molecule has 0 saturated carbocycles. The van der Waals surface area contributed by atoms with Gasteiger partial charge in [0.25, 0.3) is 0 Å². The van der Waals surface area contributed by atoms with Crippen molar-refractivity contribution < 1.29 is 0 Å². The molecule has 0 bridgehead atoms. The van der Waals surface area contributed by atoms with Crippen LogP contribution in [0.3, 0.4) is 0 Å². The Balaban J connectivity index is 1.18. The lowest BCUT2D eigenvalue weighted by Gasteiger charge is -2.36. The largest absolute Gasteiger partial charge is 0.311 e. The summed E-state index contributed by atoms with van der Waals surface area (Å²) >= 11 is 0. The number of hydrogen-bond donors (Lipinski definition) is 0. The van der Waals surface area contributed by atoms with Crippen LogP contribution in [0.15, 0.2) is 249 Å². The molecule has 0 spiro atoms. The van der Waals surface area contributed by atoms with Gasteiger partial charge in [0.15, 0.2) is 8.07 Å². The van der Waals surface area contributed by atoms with Gasteiger partial charge in [-0.3, -0.25) is 0 Å². The highest BCUT2D eigenvalue weighted by Crippen LogP contribution is 2.42. The molecule has 0 fully saturated rings. The van der Waals surface area contributed by atoms with Crippen LogP contribution < -0.4 is 25.6 Å². The average Bonchev–Trinajstić information content (AvgIpc) is 3.35. The fourth-order valence-electron chi connectivity index (χ4n) is 10.4. The molecule has 0 N–H and O–H groups in total. The number of benzene rings is 12. The summed E-state index contributed by atoms with van der Waals surface area (Å²) in [6.45, 7) is 0. The fourth-order valence-corrected chi connectivity index (χ4v) is 15.2. The number of para-hydroxylation sites is 2. The van der Waals surface area contributed by atoms with Crippen molar-refractivity contribution in [1.29, 1.82) is 0 Å². The van der Waals surface area contributed by atoms with Crippen molar-refractivity contribution >= 4 is 111 Å². The van der Waals surface area contributed by atoms with Crippen LogP contribution in [0.1, 0.15) is 0 Å². The molecule has 0 aliphatic carbocycles. The van der Waals surface area contributed by atoms with Crippen LogP contribution >= 0.6 is 0 Å². The van der Waals surface area contributed by atoms with Gasteiger partial charge in [0.2, 0.25) is 0 Å². The highest BCUT2D eigenvalue weighted by atomic mass is 28.3. The van der Waals surface area contributed by atoms with Crippen LogP contribution in [0.2, 0.25) is 0 Å². The normalized spacial score (nSPS) is 11.9. The van der Waals surface area contributed by atoms with Gasteiger partial charge < -0.3 is 4.90 Å². The first kappa shape index (κ1) is 36.1. The van der Waals surface area contributed by atoms with Crippen LogP contribution in [0.5, 0.6) is 0 Å². The van der Waals surface area contributed by atoms with E-state index in [4.69, 9.17) is 0 Å². The number of nitrogens with zero attached hydrogens (tertiary/aromatic N) is 1. The summed E-state index contributed by atoms with van der Waals surface area (Å²) in [7, 11) is -2.99. The predicted octanol–water partition coefficient (Wildman–Crippen LogP) is 13.5. The second-order valence-electron chi connectivity index (χ2n) is 16.4. The zero-order valence-corrected chi connectivity index (χ0v) is 35.1. The molecule has 0 heterocycles. The maximum Gasteiger partial charge on any atom is 0.179 e. The minimum absolute atomic E-state index is 1.12. The van der Waals surface area contributed by atoms with Crippen LogP contribution in [0.25, 0.3) is 64.6 Å². The van der Waals surface area contributed by atoms with Crippen molar-refractivity contribution in [1.82, 2.24) is 0 Å². The summed E-state index contributed by atoms with van der Waals surface area (Å²) in [6, 6.07) is 92.7. The number of rotatable bonds is 7. The maximum atomic E-state index is 2.56. The molecule has 0 saturated heterocycles. The lowest BCUT2D eigenvalue weighted by molar-refractivity contribution is 1.29. The monoisotopic (exact) mass is 803 g/mol. The summed E-state index contributed by atoms with van der Waals surface area (Å²) in [5.74, 6) is 0. The quantitative estimate of drug-likeness (QED) is 0.0671. The predicted molar refractivity (Wildman–Crippen MR) is 270 cm³/mol. The van der Waals surface area contributed by atoms with E-state index in [2.05, 4.69) is 254 Å². The number of anilines is 3. The van der Waals surface area contributed by atoms with E-state index in [-0.39, 0.29) is 0 Å². The van der Waals surface area contributed by atoms with Crippen molar-refractivity contribution in [3.8, 4) is 0 Å². The number of hydrogen-bond acceptors (Lipinski definition) is 1. The maximum absolute atomic E-state index is 2.99. The minimum Gasteiger partial charge on any atom is -0.311 e. The highest BCUT2D eigenvalue weighted by Gasteiger charge is 2.42. The van der Waals surface area contributed by atoms with Crippen molar-refractivity contribution in [3.05, 3.63) is 249 Å². The molecule has 12 aromatic rings. The van der Waals surface area contributed by atoms with Crippen molar-refractivity contribution in [2.24, 2.45) is 0 Å². The second kappa shape index (κ2) is 14.7. The van der Waals surface area contributed by atoms with Crippen LogP contribution in [-0.2, 0) is 0 Å². The first-order chi connectivity index (χ1) is 30.8. The van der Waals surface area contributed by atoms with E-state index in [0.29, 0.717) is 0 Å². The third-order valence-corrected chi connectivity index (χ3v) is 17.9. The van der Waals surface area contributed by atoms with Gasteiger partial charge in [0, 0.05) is 17.1 Å². The van der Waals surface area contributed by atoms with Gasteiger partial charge in [-0.15, -0.1) is 0 Å².